The third-order valence-electron chi connectivity index (χ3n) is 5.00. The lowest BCUT2D eigenvalue weighted by molar-refractivity contribution is -0.149. The SMILES string of the molecule is CC(C)OC(=O)[C@H](C)NP(=O)(OC[C@H]1O[C@@H](N2C=CC(O)NC2=O)[C@](F)(Cl)[C@@H]1O)Oc1ccccc1. The lowest BCUT2D eigenvalue weighted by Crippen LogP contribution is -2.55. The van der Waals surface area contributed by atoms with Crippen molar-refractivity contribution < 1.29 is 47.3 Å². The van der Waals surface area contributed by atoms with Gasteiger partial charge in [0.25, 0.3) is 5.13 Å². The van der Waals surface area contributed by atoms with E-state index in [1.807, 2.05) is 0 Å². The largest absolute Gasteiger partial charge is 0.462 e. The van der Waals surface area contributed by atoms with Crippen molar-refractivity contribution in [3.63, 3.8) is 0 Å². The maximum Gasteiger partial charge on any atom is 0.459 e. The molecule has 200 valence electrons. The molecule has 0 aliphatic carbocycles. The second kappa shape index (κ2) is 11.4. The Bertz CT molecular complexity index is 1020. The second-order valence-electron chi connectivity index (χ2n) is 8.32. The molecule has 4 N–H and O–H groups in total. The zero-order chi connectivity index (χ0) is 26.7. The summed E-state index contributed by atoms with van der Waals surface area (Å²) in [6.07, 6.45) is -4.87. The number of aliphatic hydroxyl groups excluding tert-OH is 2. The summed E-state index contributed by atoms with van der Waals surface area (Å²) < 4.78 is 50.2. The van der Waals surface area contributed by atoms with Crippen LogP contribution in [0.4, 0.5) is 9.18 Å². The number of nitrogens with one attached hydrogen (secondary N) is 2. The number of rotatable bonds is 10. The van der Waals surface area contributed by atoms with E-state index in [1.165, 1.54) is 19.1 Å². The third kappa shape index (κ3) is 6.74. The third-order valence-corrected chi connectivity index (χ3v) is 7.06. The fourth-order valence-electron chi connectivity index (χ4n) is 3.29. The Morgan fingerprint density at radius 3 is 2.61 bits per heavy atom. The maximum absolute atomic E-state index is 15.2. The van der Waals surface area contributed by atoms with Gasteiger partial charge in [-0.15, -0.1) is 0 Å². The Balaban J connectivity index is 1.75. The van der Waals surface area contributed by atoms with Crippen LogP contribution in [0.25, 0.3) is 0 Å². The number of nitrogens with zero attached hydrogens (tertiary/aromatic N) is 1. The molecular weight excluding hydrogens is 524 g/mol. The summed E-state index contributed by atoms with van der Waals surface area (Å²) in [7, 11) is -4.34. The van der Waals surface area contributed by atoms with Gasteiger partial charge in [-0.25, -0.2) is 13.8 Å². The Morgan fingerprint density at radius 2 is 2.00 bits per heavy atom. The molecule has 1 saturated heterocycles. The van der Waals surface area contributed by atoms with Gasteiger partial charge in [0.2, 0.25) is 0 Å². The highest BCUT2D eigenvalue weighted by Crippen LogP contribution is 2.47. The Labute approximate surface area is 211 Å². The fraction of sp³-hybridized carbons (Fsp3) is 0.524. The van der Waals surface area contributed by atoms with E-state index >= 15 is 4.39 Å². The van der Waals surface area contributed by atoms with Crippen LogP contribution in [0.15, 0.2) is 42.6 Å². The standard InChI is InChI=1S/C21H28ClFN3O9P/c1-12(2)33-18(29)13(3)25-36(31,35-14-7-5-4-6-8-14)32-11-15-17(28)21(22,23)19(34-15)26-10-9-16(27)24-20(26)30/h4-10,12-13,15-17,19,27-28H,11H2,1-3H3,(H,24,30)(H,25,31)/t13-,15+,16?,17+,19+,21-,36?/m0/s1. The summed E-state index contributed by atoms with van der Waals surface area (Å²) in [5.41, 5.74) is 0. The van der Waals surface area contributed by atoms with Crippen molar-refractivity contribution in [2.75, 3.05) is 6.61 Å². The number of alkyl halides is 2. The van der Waals surface area contributed by atoms with E-state index in [4.69, 9.17) is 30.1 Å². The summed E-state index contributed by atoms with van der Waals surface area (Å²) in [5.74, 6) is -0.592. The van der Waals surface area contributed by atoms with Crippen LogP contribution in [-0.2, 0) is 23.4 Å². The van der Waals surface area contributed by atoms with Gasteiger partial charge >= 0.3 is 19.7 Å². The molecule has 0 saturated carbocycles. The Hall–Kier alpha value is -2.25. The first-order chi connectivity index (χ1) is 16.8. The number of aliphatic hydroxyl groups is 2. The average Bonchev–Trinajstić information content (AvgIpc) is 3.01. The van der Waals surface area contributed by atoms with Crippen molar-refractivity contribution in [2.24, 2.45) is 0 Å². The smallest absolute Gasteiger partial charge is 0.459 e. The molecule has 15 heteroatoms. The molecule has 2 aliphatic heterocycles. The molecule has 12 nitrogen and oxygen atoms in total. The van der Waals surface area contributed by atoms with Gasteiger partial charge in [0.05, 0.1) is 12.7 Å². The number of esters is 1. The van der Waals surface area contributed by atoms with E-state index in [2.05, 4.69) is 10.4 Å². The number of carbonyl (C=O) groups is 2. The molecule has 0 radical (unpaired) electrons. The minimum atomic E-state index is -4.34. The summed E-state index contributed by atoms with van der Waals surface area (Å²) in [4.78, 5) is 25.1. The van der Waals surface area contributed by atoms with Crippen LogP contribution in [-0.4, -0.2) is 75.7 Å². The molecule has 0 spiro atoms. The first-order valence-corrected chi connectivity index (χ1v) is 12.9. The van der Waals surface area contributed by atoms with Crippen LogP contribution < -0.4 is 14.9 Å². The minimum Gasteiger partial charge on any atom is -0.462 e. The van der Waals surface area contributed by atoms with Gasteiger partial charge in [-0.05, 0) is 39.0 Å². The number of hydrogen-bond acceptors (Lipinski definition) is 9. The van der Waals surface area contributed by atoms with Crippen LogP contribution >= 0.6 is 19.3 Å². The molecule has 36 heavy (non-hydrogen) atoms. The number of amides is 2. The number of para-hydroxylation sites is 1. The van der Waals surface area contributed by atoms with Crippen molar-refractivity contribution >= 4 is 31.3 Å². The van der Waals surface area contributed by atoms with Gasteiger partial charge in [-0.1, -0.05) is 29.8 Å². The van der Waals surface area contributed by atoms with Crippen LogP contribution in [0.5, 0.6) is 5.75 Å². The first kappa shape index (κ1) is 28.3. The normalized spacial score (nSPS) is 30.6. The molecule has 0 bridgehead atoms. The summed E-state index contributed by atoms with van der Waals surface area (Å²) in [5, 5.41) is 21.5. The molecule has 3 rings (SSSR count). The zero-order valence-electron chi connectivity index (χ0n) is 19.6. The van der Waals surface area contributed by atoms with Crippen molar-refractivity contribution in [3.05, 3.63) is 42.6 Å². The minimum absolute atomic E-state index is 0.134. The predicted octanol–water partition coefficient (Wildman–Crippen LogP) is 1.97. The highest BCUT2D eigenvalue weighted by atomic mass is 35.5. The summed E-state index contributed by atoms with van der Waals surface area (Å²) in [6, 6.07) is 5.85. The number of carbonyl (C=O) groups excluding carboxylic acids is 2. The summed E-state index contributed by atoms with van der Waals surface area (Å²) >= 11 is 5.88. The van der Waals surface area contributed by atoms with Crippen molar-refractivity contribution in [1.29, 1.82) is 0 Å². The predicted molar refractivity (Wildman–Crippen MR) is 124 cm³/mol. The first-order valence-electron chi connectivity index (χ1n) is 11.0. The molecule has 2 unspecified atom stereocenters. The average molecular weight is 552 g/mol. The quantitative estimate of drug-likeness (QED) is 0.193. The van der Waals surface area contributed by atoms with Gasteiger partial charge < -0.3 is 29.5 Å². The number of hydrogen-bond donors (Lipinski definition) is 4. The molecule has 7 atom stereocenters. The van der Waals surface area contributed by atoms with E-state index < -0.39 is 68.3 Å². The Kier molecular flexibility index (Phi) is 8.99. The lowest BCUT2D eigenvalue weighted by atomic mass is 10.1. The molecule has 1 aromatic carbocycles. The molecule has 2 amide bonds. The molecule has 2 aliphatic rings. The molecule has 2 heterocycles. The van der Waals surface area contributed by atoms with Crippen LogP contribution in [0.3, 0.4) is 0 Å². The highest BCUT2D eigenvalue weighted by Gasteiger charge is 2.60. The van der Waals surface area contributed by atoms with Crippen LogP contribution in [0.2, 0.25) is 0 Å². The number of ether oxygens (including phenoxy) is 2. The van der Waals surface area contributed by atoms with E-state index in [0.29, 0.717) is 4.90 Å². The number of urea groups is 1. The molecule has 0 aromatic heterocycles. The highest BCUT2D eigenvalue weighted by molar-refractivity contribution is 7.52. The molecular formula is C21H28ClFN3O9P. The zero-order valence-corrected chi connectivity index (χ0v) is 21.3. The number of benzene rings is 1. The van der Waals surface area contributed by atoms with Crippen molar-refractivity contribution in [2.45, 2.75) is 62.7 Å². The van der Waals surface area contributed by atoms with E-state index in [1.54, 1.807) is 32.0 Å². The topological polar surface area (TPSA) is 156 Å². The lowest BCUT2D eigenvalue weighted by Gasteiger charge is -2.33. The van der Waals surface area contributed by atoms with Crippen LogP contribution in [0.1, 0.15) is 20.8 Å². The van der Waals surface area contributed by atoms with Gasteiger partial charge in [-0.2, -0.15) is 5.09 Å². The van der Waals surface area contributed by atoms with E-state index in [0.717, 1.165) is 12.3 Å². The monoisotopic (exact) mass is 551 g/mol. The molecule has 1 fully saturated rings. The van der Waals surface area contributed by atoms with Gasteiger partial charge in [0, 0.05) is 6.20 Å². The fourth-order valence-corrected chi connectivity index (χ4v) is 5.09. The van der Waals surface area contributed by atoms with Crippen molar-refractivity contribution in [1.82, 2.24) is 15.3 Å². The van der Waals surface area contributed by atoms with E-state index in [9.17, 15) is 24.4 Å². The van der Waals surface area contributed by atoms with Gasteiger partial charge in [-0.3, -0.25) is 14.2 Å². The van der Waals surface area contributed by atoms with Gasteiger partial charge in [0.15, 0.2) is 6.23 Å². The Morgan fingerprint density at radius 1 is 1.33 bits per heavy atom. The van der Waals surface area contributed by atoms with E-state index in [-0.39, 0.29) is 5.75 Å². The van der Waals surface area contributed by atoms with Crippen molar-refractivity contribution in [3.8, 4) is 5.75 Å². The second-order valence-corrected chi connectivity index (χ2v) is 10.6. The van der Waals surface area contributed by atoms with Gasteiger partial charge in [0.1, 0.15) is 30.2 Å². The molecule has 1 aromatic rings. The maximum atomic E-state index is 15.2. The van der Waals surface area contributed by atoms with Crippen LogP contribution in [0, 0.1) is 0 Å². The summed E-state index contributed by atoms with van der Waals surface area (Å²) in [6.45, 7) is 3.96. The number of halogens is 2.